The summed E-state index contributed by atoms with van der Waals surface area (Å²) in [6.45, 7) is 7.46. The van der Waals surface area contributed by atoms with Gasteiger partial charge in [-0.3, -0.25) is 4.79 Å². The monoisotopic (exact) mass is 408 g/mol. The molecule has 3 rings (SSSR count). The number of ether oxygens (including phenoxy) is 2. The summed E-state index contributed by atoms with van der Waals surface area (Å²) in [6.07, 6.45) is 3.58. The summed E-state index contributed by atoms with van der Waals surface area (Å²) >= 11 is 1.35. The first kappa shape index (κ1) is 20.6. The van der Waals surface area contributed by atoms with Crippen LogP contribution in [0.3, 0.4) is 0 Å². The van der Waals surface area contributed by atoms with Crippen molar-refractivity contribution in [2.75, 3.05) is 11.9 Å². The van der Waals surface area contributed by atoms with Crippen LogP contribution in [0.15, 0.2) is 0 Å². The summed E-state index contributed by atoms with van der Waals surface area (Å²) in [7, 11) is 0. The third-order valence-electron chi connectivity index (χ3n) is 4.63. The van der Waals surface area contributed by atoms with Gasteiger partial charge in [-0.1, -0.05) is 0 Å². The molecule has 8 heteroatoms. The number of fused-ring (bicyclic) bond motifs is 1. The van der Waals surface area contributed by atoms with Crippen LogP contribution < -0.4 is 10.6 Å². The fourth-order valence-corrected chi connectivity index (χ4v) is 4.61. The highest BCUT2D eigenvalue weighted by Gasteiger charge is 2.35. The molecular formula is C20H28N2O5S. The zero-order valence-corrected chi connectivity index (χ0v) is 17.7. The minimum atomic E-state index is -0.587. The van der Waals surface area contributed by atoms with Gasteiger partial charge < -0.3 is 20.1 Å². The average molecular weight is 409 g/mol. The third-order valence-corrected chi connectivity index (χ3v) is 5.89. The summed E-state index contributed by atoms with van der Waals surface area (Å²) in [4.78, 5) is 38.0. The van der Waals surface area contributed by atoms with Gasteiger partial charge in [-0.2, -0.15) is 0 Å². The van der Waals surface area contributed by atoms with Gasteiger partial charge in [-0.25, -0.2) is 9.59 Å². The molecule has 2 N–H and O–H groups in total. The summed E-state index contributed by atoms with van der Waals surface area (Å²) < 4.78 is 10.6. The van der Waals surface area contributed by atoms with E-state index in [0.29, 0.717) is 17.0 Å². The van der Waals surface area contributed by atoms with Gasteiger partial charge in [-0.15, -0.1) is 11.3 Å². The Bertz CT molecular complexity index is 776. The molecule has 1 fully saturated rings. The van der Waals surface area contributed by atoms with Crippen molar-refractivity contribution in [1.82, 2.24) is 5.32 Å². The molecule has 7 nitrogen and oxygen atoms in total. The lowest BCUT2D eigenvalue weighted by Gasteiger charge is -2.26. The minimum Gasteiger partial charge on any atom is -0.462 e. The quantitative estimate of drug-likeness (QED) is 0.713. The fourth-order valence-electron chi connectivity index (χ4n) is 3.28. The lowest BCUT2D eigenvalue weighted by atomic mass is 9.92. The standard InChI is InChI=1S/C20H28N2O5S/c1-5-26-18(24)14-12-7-6-8-13(21-19(25)27-20(2,3)4)15(12)28-17(14)22-16(23)11-9-10-11/h11,13H,5-10H2,1-4H3,(H,21,25)(H,22,23). The van der Waals surface area contributed by atoms with Gasteiger partial charge in [0, 0.05) is 10.8 Å². The first-order valence-electron chi connectivity index (χ1n) is 9.82. The van der Waals surface area contributed by atoms with E-state index in [2.05, 4.69) is 10.6 Å². The number of amides is 2. The molecule has 2 aliphatic carbocycles. The number of anilines is 1. The fraction of sp³-hybridized carbons (Fsp3) is 0.650. The number of alkyl carbamates (subject to hydrolysis) is 1. The average Bonchev–Trinajstić information content (AvgIpc) is 3.35. The summed E-state index contributed by atoms with van der Waals surface area (Å²) in [5.74, 6) is -0.449. The minimum absolute atomic E-state index is 0.0323. The Balaban J connectivity index is 1.88. The molecule has 0 radical (unpaired) electrons. The van der Waals surface area contributed by atoms with Gasteiger partial charge in [0.2, 0.25) is 5.91 Å². The van der Waals surface area contributed by atoms with Crippen LogP contribution in [0.25, 0.3) is 0 Å². The molecule has 1 heterocycles. The van der Waals surface area contributed by atoms with Gasteiger partial charge in [-0.05, 0) is 65.4 Å². The van der Waals surface area contributed by atoms with Crippen LogP contribution in [0.5, 0.6) is 0 Å². The van der Waals surface area contributed by atoms with Crippen molar-refractivity contribution in [3.05, 3.63) is 16.0 Å². The molecule has 1 unspecified atom stereocenters. The van der Waals surface area contributed by atoms with Crippen LogP contribution in [0.2, 0.25) is 0 Å². The highest BCUT2D eigenvalue weighted by molar-refractivity contribution is 7.17. The molecule has 0 bridgehead atoms. The molecule has 28 heavy (non-hydrogen) atoms. The van der Waals surface area contributed by atoms with E-state index in [-0.39, 0.29) is 24.5 Å². The van der Waals surface area contributed by atoms with Gasteiger partial charge >= 0.3 is 12.1 Å². The van der Waals surface area contributed by atoms with Gasteiger partial charge in [0.1, 0.15) is 10.6 Å². The molecule has 1 aromatic rings. The Labute approximate surface area is 169 Å². The van der Waals surface area contributed by atoms with Crippen LogP contribution in [0.1, 0.15) is 80.2 Å². The number of rotatable bonds is 5. The second-order valence-electron chi connectivity index (χ2n) is 8.22. The van der Waals surface area contributed by atoms with Gasteiger partial charge in [0.25, 0.3) is 0 Å². The van der Waals surface area contributed by atoms with Crippen LogP contribution in [0, 0.1) is 5.92 Å². The van der Waals surface area contributed by atoms with E-state index in [4.69, 9.17) is 9.47 Å². The Morgan fingerprint density at radius 2 is 1.89 bits per heavy atom. The van der Waals surface area contributed by atoms with E-state index in [1.807, 2.05) is 20.8 Å². The van der Waals surface area contributed by atoms with E-state index in [9.17, 15) is 14.4 Å². The summed E-state index contributed by atoms with van der Waals surface area (Å²) in [5.41, 5.74) is 0.713. The number of carbonyl (C=O) groups excluding carboxylic acids is 3. The first-order valence-corrected chi connectivity index (χ1v) is 10.6. The van der Waals surface area contributed by atoms with Gasteiger partial charge in [0.05, 0.1) is 18.2 Å². The zero-order valence-electron chi connectivity index (χ0n) is 16.8. The molecule has 0 aliphatic heterocycles. The number of carbonyl (C=O) groups is 3. The molecule has 1 saturated carbocycles. The van der Waals surface area contributed by atoms with E-state index in [0.717, 1.165) is 36.1 Å². The Morgan fingerprint density at radius 1 is 1.18 bits per heavy atom. The molecule has 0 spiro atoms. The normalized spacial score (nSPS) is 18.8. The topological polar surface area (TPSA) is 93.7 Å². The van der Waals surface area contributed by atoms with Crippen molar-refractivity contribution in [2.45, 2.75) is 71.4 Å². The molecule has 1 atom stereocenters. The van der Waals surface area contributed by atoms with Crippen molar-refractivity contribution in [2.24, 2.45) is 5.92 Å². The summed E-state index contributed by atoms with van der Waals surface area (Å²) in [6, 6.07) is -0.247. The first-order chi connectivity index (χ1) is 13.2. The number of hydrogen-bond acceptors (Lipinski definition) is 6. The van der Waals surface area contributed by atoms with Crippen LogP contribution >= 0.6 is 11.3 Å². The number of esters is 1. The molecule has 154 valence electrons. The lowest BCUT2D eigenvalue weighted by Crippen LogP contribution is -2.35. The maximum Gasteiger partial charge on any atom is 0.408 e. The Morgan fingerprint density at radius 3 is 2.50 bits per heavy atom. The highest BCUT2D eigenvalue weighted by Crippen LogP contribution is 2.44. The van der Waals surface area contributed by atoms with Crippen molar-refractivity contribution >= 4 is 34.3 Å². The third kappa shape index (κ3) is 4.84. The van der Waals surface area contributed by atoms with E-state index >= 15 is 0 Å². The van der Waals surface area contributed by atoms with Gasteiger partial charge in [0.15, 0.2) is 0 Å². The molecule has 2 aliphatic rings. The molecule has 2 amide bonds. The summed E-state index contributed by atoms with van der Waals surface area (Å²) in [5, 5.41) is 6.36. The van der Waals surface area contributed by atoms with E-state index in [1.54, 1.807) is 6.92 Å². The molecule has 0 saturated heterocycles. The number of hydrogen-bond donors (Lipinski definition) is 2. The molecular weight excluding hydrogens is 380 g/mol. The SMILES string of the molecule is CCOC(=O)c1c(NC(=O)C2CC2)sc2c1CCCC2NC(=O)OC(C)(C)C. The predicted molar refractivity (Wildman–Crippen MR) is 107 cm³/mol. The number of thiophene rings is 1. The maximum absolute atomic E-state index is 12.6. The number of nitrogens with one attached hydrogen (secondary N) is 2. The van der Waals surface area contributed by atoms with Crippen LogP contribution in [-0.4, -0.2) is 30.2 Å². The lowest BCUT2D eigenvalue weighted by molar-refractivity contribution is -0.117. The Hall–Kier alpha value is -2.09. The maximum atomic E-state index is 12.6. The second kappa shape index (κ2) is 8.11. The van der Waals surface area contributed by atoms with E-state index in [1.165, 1.54) is 11.3 Å². The second-order valence-corrected chi connectivity index (χ2v) is 9.28. The highest BCUT2D eigenvalue weighted by atomic mass is 32.1. The molecule has 1 aromatic heterocycles. The van der Waals surface area contributed by atoms with Crippen LogP contribution in [-0.2, 0) is 20.7 Å². The van der Waals surface area contributed by atoms with Crippen molar-refractivity contribution < 1.29 is 23.9 Å². The largest absolute Gasteiger partial charge is 0.462 e. The molecule has 0 aromatic carbocycles. The van der Waals surface area contributed by atoms with Crippen molar-refractivity contribution in [3.8, 4) is 0 Å². The zero-order chi connectivity index (χ0) is 20.5. The smallest absolute Gasteiger partial charge is 0.408 e. The van der Waals surface area contributed by atoms with E-state index < -0.39 is 17.7 Å². The van der Waals surface area contributed by atoms with Crippen molar-refractivity contribution in [3.63, 3.8) is 0 Å². The Kier molecular flexibility index (Phi) is 5.98. The van der Waals surface area contributed by atoms with Crippen LogP contribution in [0.4, 0.5) is 9.80 Å². The van der Waals surface area contributed by atoms with Crippen molar-refractivity contribution in [1.29, 1.82) is 0 Å². The predicted octanol–water partition coefficient (Wildman–Crippen LogP) is 4.18.